The molecule has 3 aromatic carbocycles. The van der Waals surface area contributed by atoms with Gasteiger partial charge in [0.25, 0.3) is 0 Å². The maximum atomic E-state index is 13.8. The van der Waals surface area contributed by atoms with Gasteiger partial charge in [-0.05, 0) is 73.2 Å². The molecule has 2 aliphatic rings. The first-order chi connectivity index (χ1) is 19.2. The minimum atomic E-state index is -0.664. The summed E-state index contributed by atoms with van der Waals surface area (Å²) >= 11 is 14.6. The third-order valence-corrected chi connectivity index (χ3v) is 8.18. The topological polar surface area (TPSA) is 73.9 Å². The summed E-state index contributed by atoms with van der Waals surface area (Å²) in [5.74, 6) is -0.219. The molecule has 206 valence electrons. The summed E-state index contributed by atoms with van der Waals surface area (Å²) in [4.78, 5) is 27.1. The third kappa shape index (κ3) is 5.22. The molecule has 0 amide bonds. The molecule has 1 aliphatic carbocycles. The summed E-state index contributed by atoms with van der Waals surface area (Å²) in [6, 6.07) is 16.5. The Balaban J connectivity index is 1.61. The Hall–Kier alpha value is -3.01. The van der Waals surface area contributed by atoms with E-state index in [0.717, 1.165) is 20.3 Å². The summed E-state index contributed by atoms with van der Waals surface area (Å²) < 4.78 is 18.4. The predicted octanol–water partition coefficient (Wildman–Crippen LogP) is 7.71. The van der Waals surface area contributed by atoms with Crippen LogP contribution in [0.1, 0.15) is 53.7 Å². The Morgan fingerprint density at radius 2 is 1.75 bits per heavy atom. The van der Waals surface area contributed by atoms with Crippen LogP contribution in [0.3, 0.4) is 0 Å². The number of ether oxygens (including phenoxy) is 3. The summed E-state index contributed by atoms with van der Waals surface area (Å²) in [6.07, 6.45) is 0. The summed E-state index contributed by atoms with van der Waals surface area (Å²) in [6.45, 7) is 6.28. The lowest BCUT2D eigenvalue weighted by molar-refractivity contribution is -0.138. The molecule has 9 heteroatoms. The van der Waals surface area contributed by atoms with Crippen molar-refractivity contribution in [2.24, 2.45) is 0 Å². The van der Waals surface area contributed by atoms with Crippen molar-refractivity contribution in [1.82, 2.24) is 5.32 Å². The van der Waals surface area contributed by atoms with Gasteiger partial charge in [0.2, 0.25) is 0 Å². The van der Waals surface area contributed by atoms with E-state index in [9.17, 15) is 9.59 Å². The molecule has 0 saturated carbocycles. The van der Waals surface area contributed by atoms with Gasteiger partial charge in [0.1, 0.15) is 6.61 Å². The summed E-state index contributed by atoms with van der Waals surface area (Å²) in [5.41, 5.74) is 5.16. The van der Waals surface area contributed by atoms with Gasteiger partial charge in [-0.3, -0.25) is 4.79 Å². The molecule has 0 spiro atoms. The van der Waals surface area contributed by atoms with Crippen molar-refractivity contribution in [3.63, 3.8) is 0 Å². The second kappa shape index (κ2) is 11.8. The van der Waals surface area contributed by atoms with Crippen LogP contribution in [0.15, 0.2) is 71.4 Å². The molecule has 1 N–H and O–H groups in total. The molecule has 0 aromatic heterocycles. The molecule has 0 bridgehead atoms. The lowest BCUT2D eigenvalue weighted by atomic mass is 9.79. The van der Waals surface area contributed by atoms with Crippen molar-refractivity contribution in [3.05, 3.63) is 107 Å². The van der Waals surface area contributed by atoms with E-state index in [2.05, 4.69) is 27.9 Å². The molecular weight excluding hydrogens is 664 g/mol. The van der Waals surface area contributed by atoms with Crippen molar-refractivity contribution >= 4 is 63.2 Å². The quantitative estimate of drug-likeness (QED) is 0.193. The molecule has 0 radical (unpaired) electrons. The van der Waals surface area contributed by atoms with Crippen LogP contribution < -0.4 is 14.8 Å². The lowest BCUT2D eigenvalue weighted by Gasteiger charge is -2.30. The molecule has 3 aromatic rings. The highest BCUT2D eigenvalue weighted by atomic mass is 127. The van der Waals surface area contributed by atoms with E-state index < -0.39 is 11.9 Å². The Labute approximate surface area is 256 Å². The number of allylic oxidation sites excluding steroid dienone is 2. The zero-order chi connectivity index (χ0) is 28.6. The zero-order valence-corrected chi connectivity index (χ0v) is 25.7. The molecule has 0 fully saturated rings. The highest BCUT2D eigenvalue weighted by molar-refractivity contribution is 14.1. The SMILES string of the molecule is CCOC(=O)C1=C(C)NC2=C(C(=O)c3ccccc32)[C@@H]1c1cc(I)c(OCc2ccc(Cl)cc2Cl)c(OCC)c1. The monoisotopic (exact) mass is 689 g/mol. The number of hydrogen-bond acceptors (Lipinski definition) is 6. The maximum absolute atomic E-state index is 13.8. The van der Waals surface area contributed by atoms with Crippen molar-refractivity contribution in [2.75, 3.05) is 13.2 Å². The third-order valence-electron chi connectivity index (χ3n) is 6.80. The van der Waals surface area contributed by atoms with Gasteiger partial charge in [-0.15, -0.1) is 0 Å². The number of esters is 1. The number of fused-ring (bicyclic) bond motifs is 2. The average molecular weight is 690 g/mol. The van der Waals surface area contributed by atoms with Crippen LogP contribution in [-0.4, -0.2) is 25.0 Å². The first-order valence-corrected chi connectivity index (χ1v) is 14.6. The van der Waals surface area contributed by atoms with Crippen LogP contribution in [0.5, 0.6) is 11.5 Å². The molecular formula is C31H26Cl2INO5. The fourth-order valence-corrected chi connectivity index (χ4v) is 6.33. The van der Waals surface area contributed by atoms with E-state index in [-0.39, 0.29) is 19.0 Å². The molecule has 5 rings (SSSR count). The smallest absolute Gasteiger partial charge is 0.336 e. The van der Waals surface area contributed by atoms with Gasteiger partial charge < -0.3 is 19.5 Å². The molecule has 1 atom stereocenters. The Morgan fingerprint density at radius 1 is 1.00 bits per heavy atom. The van der Waals surface area contributed by atoms with Crippen LogP contribution in [0.25, 0.3) is 5.70 Å². The second-order valence-electron chi connectivity index (χ2n) is 9.27. The predicted molar refractivity (Wildman–Crippen MR) is 164 cm³/mol. The maximum Gasteiger partial charge on any atom is 0.336 e. The highest BCUT2D eigenvalue weighted by Gasteiger charge is 2.43. The van der Waals surface area contributed by atoms with Crippen molar-refractivity contribution in [2.45, 2.75) is 33.3 Å². The molecule has 1 heterocycles. The van der Waals surface area contributed by atoms with Gasteiger partial charge in [0.15, 0.2) is 17.3 Å². The number of rotatable bonds is 8. The molecule has 6 nitrogen and oxygen atoms in total. The lowest BCUT2D eigenvalue weighted by Crippen LogP contribution is -2.29. The average Bonchev–Trinajstić information content (AvgIpc) is 3.20. The van der Waals surface area contributed by atoms with Gasteiger partial charge in [0, 0.05) is 43.9 Å². The number of Topliss-reactive ketones (excluding diaryl/α,β-unsaturated/α-hetero) is 1. The van der Waals surface area contributed by atoms with Crippen LogP contribution in [0, 0.1) is 3.57 Å². The number of carbonyl (C=O) groups is 2. The van der Waals surface area contributed by atoms with E-state index in [4.69, 9.17) is 37.4 Å². The first kappa shape index (κ1) is 28.5. The van der Waals surface area contributed by atoms with Gasteiger partial charge in [-0.2, -0.15) is 0 Å². The van der Waals surface area contributed by atoms with E-state index in [1.54, 1.807) is 19.1 Å². The van der Waals surface area contributed by atoms with E-state index in [1.807, 2.05) is 56.3 Å². The van der Waals surface area contributed by atoms with Crippen molar-refractivity contribution < 1.29 is 23.8 Å². The Bertz CT molecular complexity index is 1600. The largest absolute Gasteiger partial charge is 0.490 e. The minimum absolute atomic E-state index is 0.122. The Morgan fingerprint density at radius 3 is 2.45 bits per heavy atom. The van der Waals surface area contributed by atoms with Gasteiger partial charge in [0.05, 0.1) is 28.1 Å². The molecule has 1 aliphatic heterocycles. The zero-order valence-electron chi connectivity index (χ0n) is 22.1. The second-order valence-corrected chi connectivity index (χ2v) is 11.3. The number of nitrogens with one attached hydrogen (secondary N) is 1. The summed E-state index contributed by atoms with van der Waals surface area (Å²) in [7, 11) is 0. The van der Waals surface area contributed by atoms with Gasteiger partial charge >= 0.3 is 5.97 Å². The van der Waals surface area contributed by atoms with E-state index >= 15 is 0 Å². The van der Waals surface area contributed by atoms with Crippen LogP contribution >= 0.6 is 45.8 Å². The molecule has 0 unspecified atom stereocenters. The van der Waals surface area contributed by atoms with Crippen LogP contribution in [0.4, 0.5) is 0 Å². The van der Waals surface area contributed by atoms with Gasteiger partial charge in [-0.25, -0.2) is 4.79 Å². The normalized spacial score (nSPS) is 15.9. The van der Waals surface area contributed by atoms with E-state index in [0.29, 0.717) is 56.3 Å². The number of dihydropyridines is 1. The van der Waals surface area contributed by atoms with Crippen LogP contribution in [-0.2, 0) is 16.1 Å². The highest BCUT2D eigenvalue weighted by Crippen LogP contribution is 2.49. The molecule has 40 heavy (non-hydrogen) atoms. The summed E-state index contributed by atoms with van der Waals surface area (Å²) in [5, 5.41) is 4.37. The fourth-order valence-electron chi connectivity index (χ4n) is 5.09. The number of hydrogen-bond donors (Lipinski definition) is 1. The molecule has 0 saturated heterocycles. The fraction of sp³-hybridized carbons (Fsp3) is 0.226. The van der Waals surface area contributed by atoms with Crippen LogP contribution in [0.2, 0.25) is 10.0 Å². The Kier molecular flexibility index (Phi) is 8.44. The minimum Gasteiger partial charge on any atom is -0.490 e. The first-order valence-electron chi connectivity index (χ1n) is 12.8. The van der Waals surface area contributed by atoms with Gasteiger partial charge in [-0.1, -0.05) is 53.5 Å². The van der Waals surface area contributed by atoms with Crippen molar-refractivity contribution in [1.29, 1.82) is 0 Å². The number of halogens is 3. The standard InChI is InChI=1S/C31H26Cl2INO5/c1-4-38-24-13-18(12-23(34)30(24)40-15-17-10-11-19(32)14-22(17)33)26-25(31(37)39-5-2)16(3)35-28-20-8-6-7-9-21(20)29(36)27(26)28/h6-14,26,35H,4-5,15H2,1-3H3/t26-/m1/s1. The number of ketones is 1. The number of carbonyl (C=O) groups excluding carboxylic acids is 2. The van der Waals surface area contributed by atoms with E-state index in [1.165, 1.54) is 0 Å². The number of benzene rings is 3. The van der Waals surface area contributed by atoms with Crippen molar-refractivity contribution in [3.8, 4) is 11.5 Å².